The summed E-state index contributed by atoms with van der Waals surface area (Å²) >= 11 is 0. The van der Waals surface area contributed by atoms with Crippen molar-refractivity contribution in [2.24, 2.45) is 33.5 Å². The van der Waals surface area contributed by atoms with Gasteiger partial charge in [0, 0.05) is 0 Å². The van der Waals surface area contributed by atoms with E-state index < -0.39 is 22.8 Å². The third kappa shape index (κ3) is 5.66. The Balaban J connectivity index is 2.78. The van der Waals surface area contributed by atoms with Crippen LogP contribution in [0.25, 0.3) is 0 Å². The molecule has 4 heteroatoms. The Bertz CT molecular complexity index is 614. The van der Waals surface area contributed by atoms with Crippen LogP contribution in [0.15, 0.2) is 0 Å². The van der Waals surface area contributed by atoms with Crippen LogP contribution in [0.5, 0.6) is 0 Å². The first-order valence-electron chi connectivity index (χ1n) is 12.7. The zero-order chi connectivity index (χ0) is 23.5. The summed E-state index contributed by atoms with van der Waals surface area (Å²) in [7, 11) is 0. The summed E-state index contributed by atoms with van der Waals surface area (Å²) in [5.74, 6) is -1.81. The number of carbonyl (C=O) groups is 2. The molecule has 0 bridgehead atoms. The molecule has 2 fully saturated rings. The Morgan fingerprint density at radius 2 is 1.00 bits per heavy atom. The summed E-state index contributed by atoms with van der Waals surface area (Å²) in [4.78, 5) is 26.9. The highest BCUT2D eigenvalue weighted by Gasteiger charge is 2.67. The van der Waals surface area contributed by atoms with Gasteiger partial charge in [-0.2, -0.15) is 0 Å². The lowest BCUT2D eigenvalue weighted by molar-refractivity contribution is -0.199. The summed E-state index contributed by atoms with van der Waals surface area (Å²) in [5, 5.41) is 22.0. The second-order valence-electron chi connectivity index (χ2n) is 13.0. The van der Waals surface area contributed by atoms with Crippen LogP contribution >= 0.6 is 0 Å². The summed E-state index contributed by atoms with van der Waals surface area (Å²) in [6.45, 7) is 12.7. The monoisotopic (exact) mass is 436 g/mol. The number of hydrogen-bond acceptors (Lipinski definition) is 2. The number of hydrogen-bond donors (Lipinski definition) is 2. The minimum atomic E-state index is -1.22. The highest BCUT2D eigenvalue weighted by molar-refractivity contribution is 5.87. The number of aliphatic carboxylic acids is 2. The largest absolute Gasteiger partial charge is 0.481 e. The zero-order valence-corrected chi connectivity index (χ0v) is 21.1. The number of carboxylic acids is 2. The van der Waals surface area contributed by atoms with Gasteiger partial charge in [0.05, 0.1) is 10.8 Å². The molecule has 180 valence electrons. The van der Waals surface area contributed by atoms with E-state index in [0.717, 1.165) is 70.6 Å². The maximum atomic E-state index is 13.5. The van der Waals surface area contributed by atoms with Gasteiger partial charge in [0.2, 0.25) is 0 Å². The molecule has 0 aliphatic heterocycles. The van der Waals surface area contributed by atoms with Crippen LogP contribution in [0.4, 0.5) is 0 Å². The van der Waals surface area contributed by atoms with Crippen LogP contribution in [0.1, 0.15) is 125 Å². The van der Waals surface area contributed by atoms with Crippen LogP contribution in [-0.2, 0) is 9.59 Å². The summed E-state index contributed by atoms with van der Waals surface area (Å²) in [5.41, 5.74) is -2.71. The quantitative estimate of drug-likeness (QED) is 0.412. The minimum absolute atomic E-state index is 0.0338. The SMILES string of the molecule is CC(C)(C)CCC(C(=O)O)(C1CCCCC1)C(CC(C)(C)C)(C(=O)O)C1CCCCC1. The van der Waals surface area contributed by atoms with E-state index in [4.69, 9.17) is 0 Å². The van der Waals surface area contributed by atoms with Crippen molar-refractivity contribution < 1.29 is 19.8 Å². The van der Waals surface area contributed by atoms with Gasteiger partial charge in [0.1, 0.15) is 0 Å². The lowest BCUT2D eigenvalue weighted by atomic mass is 9.44. The van der Waals surface area contributed by atoms with E-state index in [1.165, 1.54) is 0 Å². The van der Waals surface area contributed by atoms with Crippen molar-refractivity contribution in [2.45, 2.75) is 125 Å². The van der Waals surface area contributed by atoms with E-state index in [1.54, 1.807) is 0 Å². The van der Waals surface area contributed by atoms with Gasteiger partial charge in [-0.15, -0.1) is 0 Å². The molecule has 0 aromatic carbocycles. The Morgan fingerprint density at radius 1 is 0.613 bits per heavy atom. The van der Waals surface area contributed by atoms with Crippen LogP contribution in [-0.4, -0.2) is 22.2 Å². The molecule has 0 aromatic rings. The van der Waals surface area contributed by atoms with Gasteiger partial charge in [-0.1, -0.05) is 80.1 Å². The summed E-state index contributed by atoms with van der Waals surface area (Å²) in [6.07, 6.45) is 11.4. The van der Waals surface area contributed by atoms with Crippen LogP contribution in [0, 0.1) is 33.5 Å². The van der Waals surface area contributed by atoms with Gasteiger partial charge < -0.3 is 10.2 Å². The van der Waals surface area contributed by atoms with Crippen molar-refractivity contribution in [1.29, 1.82) is 0 Å². The molecule has 2 saturated carbocycles. The fraction of sp³-hybridized carbons (Fsp3) is 0.926. The molecule has 0 heterocycles. The second kappa shape index (κ2) is 9.83. The molecule has 2 atom stereocenters. The normalized spacial score (nSPS) is 23.7. The molecule has 0 amide bonds. The fourth-order valence-electron chi connectivity index (χ4n) is 6.97. The van der Waals surface area contributed by atoms with Gasteiger partial charge in [0.25, 0.3) is 0 Å². The van der Waals surface area contributed by atoms with Crippen LogP contribution in [0.2, 0.25) is 0 Å². The molecule has 0 spiro atoms. The molecule has 0 aromatic heterocycles. The topological polar surface area (TPSA) is 74.6 Å². The van der Waals surface area contributed by atoms with Crippen molar-refractivity contribution in [1.82, 2.24) is 0 Å². The molecule has 2 unspecified atom stereocenters. The smallest absolute Gasteiger partial charge is 0.311 e. The van der Waals surface area contributed by atoms with Crippen LogP contribution < -0.4 is 0 Å². The Hall–Kier alpha value is -1.06. The molecule has 4 nitrogen and oxygen atoms in total. The molecule has 31 heavy (non-hydrogen) atoms. The van der Waals surface area contributed by atoms with E-state index in [-0.39, 0.29) is 22.7 Å². The second-order valence-corrected chi connectivity index (χ2v) is 13.0. The highest BCUT2D eigenvalue weighted by Crippen LogP contribution is 2.63. The van der Waals surface area contributed by atoms with E-state index in [9.17, 15) is 19.8 Å². The van der Waals surface area contributed by atoms with Crippen molar-refractivity contribution in [2.75, 3.05) is 0 Å². The third-order valence-corrected chi connectivity index (χ3v) is 8.24. The predicted molar refractivity (Wildman–Crippen MR) is 126 cm³/mol. The zero-order valence-electron chi connectivity index (χ0n) is 21.1. The molecule has 2 rings (SSSR count). The van der Waals surface area contributed by atoms with Crippen molar-refractivity contribution in [3.05, 3.63) is 0 Å². The lowest BCUT2D eigenvalue weighted by Gasteiger charge is -2.57. The maximum absolute atomic E-state index is 13.5. The predicted octanol–water partition coefficient (Wildman–Crippen LogP) is 7.55. The third-order valence-electron chi connectivity index (χ3n) is 8.24. The molecule has 2 aliphatic carbocycles. The van der Waals surface area contributed by atoms with Crippen molar-refractivity contribution in [3.8, 4) is 0 Å². The van der Waals surface area contributed by atoms with E-state index in [2.05, 4.69) is 41.5 Å². The van der Waals surface area contributed by atoms with Crippen molar-refractivity contribution in [3.63, 3.8) is 0 Å². The molecular weight excluding hydrogens is 388 g/mol. The molecule has 0 radical (unpaired) electrons. The van der Waals surface area contributed by atoms with Gasteiger partial charge in [-0.3, -0.25) is 9.59 Å². The molecule has 2 aliphatic rings. The van der Waals surface area contributed by atoms with E-state index in [0.29, 0.717) is 12.8 Å². The van der Waals surface area contributed by atoms with Gasteiger partial charge in [-0.05, 0) is 67.6 Å². The van der Waals surface area contributed by atoms with Gasteiger partial charge >= 0.3 is 11.9 Å². The summed E-state index contributed by atoms with van der Waals surface area (Å²) < 4.78 is 0. The standard InChI is InChI=1S/C27H48O4/c1-24(2,3)17-18-26(22(28)29,20-13-9-7-10-14-20)27(23(30)31,19-25(4,5)6)21-15-11-8-12-16-21/h20-21H,7-19H2,1-6H3,(H,28,29)(H,30,31). The molecule has 0 saturated heterocycles. The highest BCUT2D eigenvalue weighted by atomic mass is 16.4. The van der Waals surface area contributed by atoms with Crippen LogP contribution in [0.3, 0.4) is 0 Å². The Kier molecular flexibility index (Phi) is 8.31. The van der Waals surface area contributed by atoms with Crippen molar-refractivity contribution >= 4 is 11.9 Å². The number of rotatable bonds is 8. The first-order chi connectivity index (χ1) is 14.3. The first kappa shape index (κ1) is 26.2. The van der Waals surface area contributed by atoms with E-state index >= 15 is 0 Å². The fourth-order valence-corrected chi connectivity index (χ4v) is 6.97. The minimum Gasteiger partial charge on any atom is -0.481 e. The maximum Gasteiger partial charge on any atom is 0.311 e. The first-order valence-corrected chi connectivity index (χ1v) is 12.7. The molecular formula is C27H48O4. The Morgan fingerprint density at radius 3 is 1.32 bits per heavy atom. The summed E-state index contributed by atoms with van der Waals surface area (Å²) in [6, 6.07) is 0. The number of carboxylic acid groups (broad SMARTS) is 2. The molecule has 2 N–H and O–H groups in total. The lowest BCUT2D eigenvalue weighted by Crippen LogP contribution is -2.62. The average molecular weight is 437 g/mol. The average Bonchev–Trinajstić information content (AvgIpc) is 2.66. The van der Waals surface area contributed by atoms with E-state index in [1.807, 2.05) is 0 Å². The van der Waals surface area contributed by atoms with Gasteiger partial charge in [-0.25, -0.2) is 0 Å². The van der Waals surface area contributed by atoms with Gasteiger partial charge in [0.15, 0.2) is 0 Å². The Labute approximate surface area is 190 Å².